The van der Waals surface area contributed by atoms with Gasteiger partial charge in [-0.1, -0.05) is 30.3 Å². The zero-order valence-electron chi connectivity index (χ0n) is 16.7. The summed E-state index contributed by atoms with van der Waals surface area (Å²) in [4.78, 5) is 7.49. The van der Waals surface area contributed by atoms with E-state index in [1.54, 1.807) is 23.2 Å². The topological polar surface area (TPSA) is 32.5 Å². The predicted octanol–water partition coefficient (Wildman–Crippen LogP) is 5.20. The lowest BCUT2D eigenvalue weighted by Crippen LogP contribution is -2.28. The molecule has 2 radical (unpaired) electrons. The second-order valence-electron chi connectivity index (χ2n) is 6.14. The Bertz CT molecular complexity index is 1210. The molecule has 1 aliphatic heterocycles. The number of para-hydroxylation sites is 1. The van der Waals surface area contributed by atoms with Crippen LogP contribution in [0, 0.1) is 20.0 Å². The lowest BCUT2D eigenvalue weighted by molar-refractivity contribution is 0.667. The third-order valence-electron chi connectivity index (χ3n) is 4.68. The summed E-state index contributed by atoms with van der Waals surface area (Å²) in [5, 5.41) is 1.98. The Morgan fingerprint density at radius 1 is 1.08 bits per heavy atom. The van der Waals surface area contributed by atoms with Crippen molar-refractivity contribution in [2.45, 2.75) is 6.92 Å². The van der Waals surface area contributed by atoms with Crippen LogP contribution >= 0.6 is 0 Å². The summed E-state index contributed by atoms with van der Waals surface area (Å²) in [6.07, 6.45) is 1.97. The summed E-state index contributed by atoms with van der Waals surface area (Å²) in [5.41, 5.74) is 3.66. The first-order chi connectivity index (χ1) is 13.4. The maximum Gasteiger partial charge on any atom is 0.162 e. The van der Waals surface area contributed by atoms with Gasteiger partial charge in [-0.2, -0.15) is 0 Å². The van der Waals surface area contributed by atoms with E-state index >= 15 is 0 Å². The van der Waals surface area contributed by atoms with Crippen molar-refractivity contribution in [2.75, 3.05) is 16.8 Å². The molecule has 2 aromatic heterocycles. The van der Waals surface area contributed by atoms with Crippen LogP contribution in [0.2, 0.25) is 0 Å². The third-order valence-corrected chi connectivity index (χ3v) is 4.68. The van der Waals surface area contributed by atoms with E-state index < -0.39 is 6.98 Å². The molecule has 4 aromatic rings. The van der Waals surface area contributed by atoms with Gasteiger partial charge < -0.3 is 9.32 Å². The average Bonchev–Trinajstić information content (AvgIpc) is 3.16. The normalized spacial score (nSPS) is 17.0. The van der Waals surface area contributed by atoms with Gasteiger partial charge in [-0.25, -0.2) is 4.98 Å². The standard InChI is InChI=1S/C21H17N3O/c1-13-10-11-16-15-7-4-5-9-18(15)25-20(16)19(13)24-14(2)23(3)17-8-6-12-22-21(17)24/h4-12H,2H2,1,3H3/i3D3. The van der Waals surface area contributed by atoms with Crippen LogP contribution in [-0.2, 0) is 0 Å². The summed E-state index contributed by atoms with van der Waals surface area (Å²) < 4.78 is 30.1. The maximum absolute atomic E-state index is 7.97. The third kappa shape index (κ3) is 1.85. The molecule has 122 valence electrons. The second-order valence-corrected chi connectivity index (χ2v) is 6.14. The van der Waals surface area contributed by atoms with Gasteiger partial charge in [0.2, 0.25) is 0 Å². The Balaban J connectivity index is 1.82. The van der Waals surface area contributed by atoms with Crippen LogP contribution in [0.4, 0.5) is 17.2 Å². The number of nitrogens with zero attached hydrogens (tertiary/aromatic N) is 3. The van der Waals surface area contributed by atoms with Gasteiger partial charge in [-0.15, -0.1) is 0 Å². The molecule has 2 aromatic carbocycles. The molecule has 4 heteroatoms. The molecule has 0 aliphatic carbocycles. The fourth-order valence-corrected chi connectivity index (χ4v) is 3.48. The Hall–Kier alpha value is -3.01. The fourth-order valence-electron chi connectivity index (χ4n) is 3.48. The van der Waals surface area contributed by atoms with Crippen molar-refractivity contribution in [3.05, 3.63) is 73.4 Å². The molecule has 25 heavy (non-hydrogen) atoms. The highest BCUT2D eigenvalue weighted by molar-refractivity contribution is 6.11. The van der Waals surface area contributed by atoms with Crippen LogP contribution in [-0.4, -0.2) is 12.0 Å². The summed E-state index contributed by atoms with van der Waals surface area (Å²) in [7, 11) is 0. The Morgan fingerprint density at radius 2 is 1.96 bits per heavy atom. The van der Waals surface area contributed by atoms with Crippen LogP contribution in [0.3, 0.4) is 0 Å². The SMILES string of the molecule is [2H]C([2H])([2H])N1[C]([CH2])N(c2c(C)ccc3c2oc2ccccc23)c2ncccc21. The van der Waals surface area contributed by atoms with Crippen molar-refractivity contribution >= 4 is 39.1 Å². The van der Waals surface area contributed by atoms with E-state index in [1.165, 1.54) is 4.90 Å². The lowest BCUT2D eigenvalue weighted by atomic mass is 10.1. The number of hydrogen-bond donors (Lipinski definition) is 0. The molecule has 1 aliphatic rings. The molecule has 0 spiro atoms. The Morgan fingerprint density at radius 3 is 2.84 bits per heavy atom. The van der Waals surface area contributed by atoms with Crippen LogP contribution < -0.4 is 9.80 Å². The van der Waals surface area contributed by atoms with Gasteiger partial charge in [0.1, 0.15) is 5.58 Å². The highest BCUT2D eigenvalue weighted by Gasteiger charge is 2.36. The van der Waals surface area contributed by atoms with Crippen LogP contribution in [0.5, 0.6) is 0 Å². The van der Waals surface area contributed by atoms with Crippen molar-refractivity contribution in [1.82, 2.24) is 4.98 Å². The maximum atomic E-state index is 7.97. The first kappa shape index (κ1) is 11.5. The van der Waals surface area contributed by atoms with Gasteiger partial charge in [0.05, 0.1) is 11.4 Å². The molecule has 0 saturated carbocycles. The van der Waals surface area contributed by atoms with Crippen LogP contribution in [0.25, 0.3) is 21.9 Å². The van der Waals surface area contributed by atoms with Crippen molar-refractivity contribution in [2.24, 2.45) is 0 Å². The van der Waals surface area contributed by atoms with E-state index in [2.05, 4.69) is 11.9 Å². The minimum absolute atomic E-state index is 0.324. The molecule has 5 rings (SSSR count). The molecular weight excluding hydrogens is 310 g/mol. The molecule has 4 nitrogen and oxygen atoms in total. The van der Waals surface area contributed by atoms with E-state index in [-0.39, 0.29) is 0 Å². The molecule has 0 atom stereocenters. The molecule has 0 amide bonds. The number of hydrogen-bond acceptors (Lipinski definition) is 4. The van der Waals surface area contributed by atoms with Gasteiger partial charge >= 0.3 is 0 Å². The molecule has 0 N–H and O–H groups in total. The fraction of sp³-hybridized carbons (Fsp3) is 0.0952. The number of aryl methyl sites for hydroxylation is 1. The van der Waals surface area contributed by atoms with Gasteiger partial charge in [0.25, 0.3) is 0 Å². The van der Waals surface area contributed by atoms with Gasteiger partial charge in [-0.3, -0.25) is 4.90 Å². The van der Waals surface area contributed by atoms with Crippen molar-refractivity contribution in [3.63, 3.8) is 0 Å². The number of furan rings is 1. The van der Waals surface area contributed by atoms with E-state index in [9.17, 15) is 0 Å². The van der Waals surface area contributed by atoms with E-state index in [4.69, 9.17) is 8.53 Å². The summed E-state index contributed by atoms with van der Waals surface area (Å²) in [6.45, 7) is 3.68. The number of benzene rings is 2. The molecule has 3 heterocycles. The van der Waals surface area contributed by atoms with Crippen molar-refractivity contribution < 1.29 is 8.53 Å². The van der Waals surface area contributed by atoms with Crippen molar-refractivity contribution in [3.8, 4) is 0 Å². The number of aromatic nitrogens is 1. The summed E-state index contributed by atoms with van der Waals surface area (Å²) in [5.74, 6) is 0.527. The second kappa shape index (κ2) is 4.99. The minimum Gasteiger partial charge on any atom is -0.454 e. The Labute approximate surface area is 150 Å². The van der Waals surface area contributed by atoms with Crippen LogP contribution in [0.15, 0.2) is 59.1 Å². The van der Waals surface area contributed by atoms with Gasteiger partial charge in [-0.05, 0) is 37.6 Å². The Kier molecular flexibility index (Phi) is 2.30. The van der Waals surface area contributed by atoms with Gasteiger partial charge in [0, 0.05) is 28.1 Å². The molecule has 0 fully saturated rings. The first-order valence-electron chi connectivity index (χ1n) is 9.53. The number of rotatable bonds is 1. The largest absolute Gasteiger partial charge is 0.454 e. The van der Waals surface area contributed by atoms with E-state index in [1.807, 2.05) is 43.3 Å². The number of fused-ring (bicyclic) bond motifs is 4. The molecular formula is C21H17N3O. The minimum atomic E-state index is -2.38. The molecule has 0 unspecified atom stereocenters. The summed E-state index contributed by atoms with van der Waals surface area (Å²) >= 11 is 0. The molecule has 0 bridgehead atoms. The summed E-state index contributed by atoms with van der Waals surface area (Å²) in [6, 6.07) is 15.3. The smallest absolute Gasteiger partial charge is 0.162 e. The highest BCUT2D eigenvalue weighted by atomic mass is 16.3. The lowest BCUT2D eigenvalue weighted by Gasteiger charge is -2.26. The average molecular weight is 330 g/mol. The molecule has 0 saturated heterocycles. The highest BCUT2D eigenvalue weighted by Crippen LogP contribution is 2.48. The van der Waals surface area contributed by atoms with Crippen molar-refractivity contribution in [1.29, 1.82) is 0 Å². The monoisotopic (exact) mass is 330 g/mol. The van der Waals surface area contributed by atoms with Crippen LogP contribution in [0.1, 0.15) is 9.68 Å². The number of anilines is 3. The zero-order chi connectivity index (χ0) is 19.6. The number of pyridine rings is 1. The first-order valence-corrected chi connectivity index (χ1v) is 8.03. The van der Waals surface area contributed by atoms with E-state index in [0.717, 1.165) is 27.6 Å². The quantitative estimate of drug-likeness (QED) is 0.480. The predicted molar refractivity (Wildman–Crippen MR) is 102 cm³/mol. The van der Waals surface area contributed by atoms with E-state index in [0.29, 0.717) is 23.3 Å². The zero-order valence-corrected chi connectivity index (χ0v) is 13.7. The van der Waals surface area contributed by atoms with Gasteiger partial charge in [0.15, 0.2) is 17.6 Å².